The van der Waals surface area contributed by atoms with E-state index in [1.807, 2.05) is 16.7 Å². The minimum absolute atomic E-state index is 0.0225. The Morgan fingerprint density at radius 3 is 2.30 bits per heavy atom. The number of aryl methyl sites for hydroxylation is 1. The van der Waals surface area contributed by atoms with Crippen LogP contribution in [0.1, 0.15) is 26.3 Å². The minimum atomic E-state index is -4.42. The van der Waals surface area contributed by atoms with Crippen LogP contribution in [-0.4, -0.2) is 54.1 Å². The predicted molar refractivity (Wildman–Crippen MR) is 110 cm³/mol. The number of thioether (sulfide) groups is 1. The van der Waals surface area contributed by atoms with Gasteiger partial charge in [-0.2, -0.15) is 24.9 Å². The first-order valence-electron chi connectivity index (χ1n) is 9.31. The number of halogens is 3. The quantitative estimate of drug-likeness (QED) is 0.753. The summed E-state index contributed by atoms with van der Waals surface area (Å²) < 4.78 is 41.2. The molecule has 0 aliphatic carbocycles. The summed E-state index contributed by atoms with van der Waals surface area (Å²) in [5.41, 5.74) is 2.15. The summed E-state index contributed by atoms with van der Waals surface area (Å²) in [6.07, 6.45) is -4.42. The smallest absolute Gasteiger partial charge is 0.422 e. The van der Waals surface area contributed by atoms with Crippen LogP contribution in [0.5, 0.6) is 5.75 Å². The van der Waals surface area contributed by atoms with Gasteiger partial charge in [0.2, 0.25) is 0 Å². The number of nitrogens with zero attached hydrogens (tertiary/aromatic N) is 1. The van der Waals surface area contributed by atoms with Crippen LogP contribution in [0.25, 0.3) is 0 Å². The van der Waals surface area contributed by atoms with Gasteiger partial charge in [-0.15, -0.1) is 0 Å². The Bertz CT molecular complexity index is 911. The summed E-state index contributed by atoms with van der Waals surface area (Å²) in [5.74, 6) is 1.45. The Balaban J connectivity index is 1.63. The molecule has 0 unspecified atom stereocenters. The molecule has 2 amide bonds. The van der Waals surface area contributed by atoms with Gasteiger partial charge in [0, 0.05) is 41.4 Å². The Hall–Kier alpha value is -2.68. The van der Waals surface area contributed by atoms with E-state index in [2.05, 4.69) is 10.1 Å². The maximum absolute atomic E-state index is 12.6. The Morgan fingerprint density at radius 1 is 1.07 bits per heavy atom. The fourth-order valence-electron chi connectivity index (χ4n) is 2.95. The number of carbonyl (C=O) groups is 2. The third-order valence-corrected chi connectivity index (χ3v) is 5.48. The van der Waals surface area contributed by atoms with Crippen molar-refractivity contribution in [1.29, 1.82) is 0 Å². The molecule has 1 heterocycles. The molecule has 0 radical (unpaired) electrons. The average Bonchev–Trinajstić information content (AvgIpc) is 2.73. The van der Waals surface area contributed by atoms with Crippen molar-refractivity contribution in [2.24, 2.45) is 0 Å². The normalized spacial score (nSPS) is 14.3. The lowest BCUT2D eigenvalue weighted by Crippen LogP contribution is -2.37. The van der Waals surface area contributed by atoms with Crippen molar-refractivity contribution in [3.05, 3.63) is 59.2 Å². The molecular weight excluding hydrogens is 417 g/mol. The Kier molecular flexibility index (Phi) is 6.91. The van der Waals surface area contributed by atoms with Gasteiger partial charge in [-0.25, -0.2) is 0 Å². The van der Waals surface area contributed by atoms with Crippen LogP contribution >= 0.6 is 11.8 Å². The first kappa shape index (κ1) is 22.0. The van der Waals surface area contributed by atoms with Gasteiger partial charge in [0.15, 0.2) is 6.61 Å². The van der Waals surface area contributed by atoms with Crippen LogP contribution in [0.3, 0.4) is 0 Å². The summed E-state index contributed by atoms with van der Waals surface area (Å²) in [5, 5.41) is 2.76. The summed E-state index contributed by atoms with van der Waals surface area (Å²) in [4.78, 5) is 26.9. The zero-order chi connectivity index (χ0) is 21.7. The van der Waals surface area contributed by atoms with Crippen molar-refractivity contribution in [2.45, 2.75) is 13.1 Å². The molecule has 1 aliphatic heterocycles. The molecule has 0 saturated carbocycles. The van der Waals surface area contributed by atoms with Crippen LogP contribution in [0.2, 0.25) is 0 Å². The average molecular weight is 438 g/mol. The van der Waals surface area contributed by atoms with Crippen molar-refractivity contribution < 1.29 is 27.5 Å². The molecule has 1 saturated heterocycles. The van der Waals surface area contributed by atoms with Gasteiger partial charge in [0.1, 0.15) is 5.75 Å². The third-order valence-electron chi connectivity index (χ3n) is 4.54. The van der Waals surface area contributed by atoms with Crippen molar-refractivity contribution in [3.63, 3.8) is 0 Å². The first-order chi connectivity index (χ1) is 14.2. The van der Waals surface area contributed by atoms with Crippen LogP contribution in [0.4, 0.5) is 18.9 Å². The topological polar surface area (TPSA) is 58.6 Å². The van der Waals surface area contributed by atoms with Crippen molar-refractivity contribution in [2.75, 3.05) is 36.5 Å². The fourth-order valence-corrected chi connectivity index (χ4v) is 3.85. The minimum Gasteiger partial charge on any atom is -0.484 e. The van der Waals surface area contributed by atoms with Gasteiger partial charge >= 0.3 is 6.18 Å². The highest BCUT2D eigenvalue weighted by Crippen LogP contribution is 2.22. The van der Waals surface area contributed by atoms with E-state index in [0.717, 1.165) is 30.2 Å². The van der Waals surface area contributed by atoms with Crippen LogP contribution in [-0.2, 0) is 0 Å². The SMILES string of the molecule is Cc1cc(C(=O)N2CCSCC2)ccc1NC(=O)c1ccc(OCC(F)(F)F)cc1. The van der Waals surface area contributed by atoms with Crippen LogP contribution in [0, 0.1) is 6.92 Å². The molecule has 1 N–H and O–H groups in total. The van der Waals surface area contributed by atoms with Gasteiger partial charge < -0.3 is 15.0 Å². The number of nitrogens with one attached hydrogen (secondary N) is 1. The van der Waals surface area contributed by atoms with Crippen LogP contribution in [0.15, 0.2) is 42.5 Å². The van der Waals surface area contributed by atoms with Crippen molar-refractivity contribution >= 4 is 29.3 Å². The second-order valence-electron chi connectivity index (χ2n) is 6.82. The number of amides is 2. The standard InChI is InChI=1S/C21H21F3N2O3S/c1-14-12-16(20(28)26-8-10-30-11-9-26)4-7-18(14)25-19(27)15-2-5-17(6-3-15)29-13-21(22,23)24/h2-7,12H,8-11,13H2,1H3,(H,25,27). The van der Waals surface area contributed by atoms with Crippen molar-refractivity contribution in [1.82, 2.24) is 4.90 Å². The van der Waals surface area contributed by atoms with E-state index in [0.29, 0.717) is 11.3 Å². The van der Waals surface area contributed by atoms with E-state index < -0.39 is 18.7 Å². The Labute approximate surface area is 176 Å². The highest BCUT2D eigenvalue weighted by molar-refractivity contribution is 7.99. The van der Waals surface area contributed by atoms with Gasteiger partial charge in [-0.3, -0.25) is 9.59 Å². The monoisotopic (exact) mass is 438 g/mol. The highest BCUT2D eigenvalue weighted by Gasteiger charge is 2.28. The van der Waals surface area contributed by atoms with E-state index in [4.69, 9.17) is 0 Å². The maximum Gasteiger partial charge on any atom is 0.422 e. The fraction of sp³-hybridized carbons (Fsp3) is 0.333. The molecule has 1 aliphatic rings. The molecule has 30 heavy (non-hydrogen) atoms. The number of rotatable bonds is 5. The van der Waals surface area contributed by atoms with Crippen LogP contribution < -0.4 is 10.1 Å². The largest absolute Gasteiger partial charge is 0.484 e. The summed E-state index contributed by atoms with van der Waals surface area (Å²) >= 11 is 1.83. The van der Waals surface area contributed by atoms with Gasteiger partial charge in [-0.1, -0.05) is 0 Å². The van der Waals surface area contributed by atoms with Gasteiger partial charge in [0.25, 0.3) is 11.8 Å². The molecule has 5 nitrogen and oxygen atoms in total. The third kappa shape index (κ3) is 5.91. The first-order valence-corrected chi connectivity index (χ1v) is 10.5. The zero-order valence-corrected chi connectivity index (χ0v) is 17.1. The number of benzene rings is 2. The number of hydrogen-bond donors (Lipinski definition) is 1. The van der Waals surface area contributed by atoms with E-state index >= 15 is 0 Å². The number of carbonyl (C=O) groups excluding carboxylic acids is 2. The number of ether oxygens (including phenoxy) is 1. The molecule has 0 aromatic heterocycles. The number of hydrogen-bond acceptors (Lipinski definition) is 4. The lowest BCUT2D eigenvalue weighted by molar-refractivity contribution is -0.153. The van der Waals surface area contributed by atoms with Gasteiger partial charge in [0.05, 0.1) is 0 Å². The molecule has 9 heteroatoms. The summed E-state index contributed by atoms with van der Waals surface area (Å²) in [6, 6.07) is 10.5. The molecule has 3 rings (SSSR count). The predicted octanol–water partition coefficient (Wildman–Crippen LogP) is 4.38. The molecule has 2 aromatic carbocycles. The molecule has 2 aromatic rings. The maximum atomic E-state index is 12.6. The number of anilines is 1. The zero-order valence-electron chi connectivity index (χ0n) is 16.3. The second kappa shape index (κ2) is 9.42. The molecule has 0 bridgehead atoms. The molecule has 0 atom stereocenters. The highest BCUT2D eigenvalue weighted by atomic mass is 32.2. The van der Waals surface area contributed by atoms with Crippen molar-refractivity contribution in [3.8, 4) is 5.75 Å². The summed E-state index contributed by atoms with van der Waals surface area (Å²) in [7, 11) is 0. The van der Waals surface area contributed by atoms with E-state index in [1.54, 1.807) is 25.1 Å². The van der Waals surface area contributed by atoms with E-state index in [1.165, 1.54) is 24.3 Å². The van der Waals surface area contributed by atoms with E-state index in [9.17, 15) is 22.8 Å². The molecule has 1 fully saturated rings. The molecular formula is C21H21F3N2O3S. The number of alkyl halides is 3. The lowest BCUT2D eigenvalue weighted by Gasteiger charge is -2.26. The Morgan fingerprint density at radius 2 is 1.70 bits per heavy atom. The lowest BCUT2D eigenvalue weighted by atomic mass is 10.1. The molecule has 0 spiro atoms. The van der Waals surface area contributed by atoms with Gasteiger partial charge in [-0.05, 0) is 55.0 Å². The second-order valence-corrected chi connectivity index (χ2v) is 8.04. The summed E-state index contributed by atoms with van der Waals surface area (Å²) in [6.45, 7) is 1.86. The van der Waals surface area contributed by atoms with E-state index in [-0.39, 0.29) is 17.2 Å². The molecule has 160 valence electrons.